The summed E-state index contributed by atoms with van der Waals surface area (Å²) in [4.78, 5) is -0.111. The molecule has 1 saturated heterocycles. The minimum Gasteiger partial charge on any atom is -0.489 e. The predicted molar refractivity (Wildman–Crippen MR) is 112 cm³/mol. The summed E-state index contributed by atoms with van der Waals surface area (Å²) in [5, 5.41) is 3.15. The first kappa shape index (κ1) is 24.5. The molecular formula is C20H23F3N2O5S2. The summed E-state index contributed by atoms with van der Waals surface area (Å²) < 4.78 is 95.1. The zero-order valence-corrected chi connectivity index (χ0v) is 18.7. The van der Waals surface area contributed by atoms with Crippen LogP contribution in [0, 0.1) is 5.92 Å². The first-order valence-corrected chi connectivity index (χ1v) is 13.1. The van der Waals surface area contributed by atoms with E-state index in [9.17, 15) is 30.0 Å². The molecule has 0 spiro atoms. The van der Waals surface area contributed by atoms with Crippen LogP contribution in [0.15, 0.2) is 58.3 Å². The number of benzene rings is 2. The minimum atomic E-state index is -4.46. The maximum absolute atomic E-state index is 12.8. The Morgan fingerprint density at radius 3 is 2.12 bits per heavy atom. The third kappa shape index (κ3) is 6.21. The maximum Gasteiger partial charge on any atom is 0.416 e. The SMILES string of the molecule is CS(=O)(=O)c1ccc(S(=O)(=O)NC[C@@H](Oc2ccc(C(F)(F)F)cc2)[C@H]2CCNC2)cc1. The lowest BCUT2D eigenvalue weighted by Crippen LogP contribution is -2.40. The Morgan fingerprint density at radius 1 is 1.03 bits per heavy atom. The van der Waals surface area contributed by atoms with Crippen LogP contribution in [0.3, 0.4) is 0 Å². The molecule has 1 aliphatic rings. The summed E-state index contributed by atoms with van der Waals surface area (Å²) >= 11 is 0. The van der Waals surface area contributed by atoms with Crippen LogP contribution in [0.2, 0.25) is 0 Å². The van der Waals surface area contributed by atoms with Gasteiger partial charge < -0.3 is 10.1 Å². The average Bonchev–Trinajstić information content (AvgIpc) is 3.25. The lowest BCUT2D eigenvalue weighted by Gasteiger charge is -2.25. The molecule has 0 bridgehead atoms. The molecule has 7 nitrogen and oxygen atoms in total. The second-order valence-electron chi connectivity index (χ2n) is 7.53. The molecule has 3 rings (SSSR count). The Bertz CT molecular complexity index is 1130. The van der Waals surface area contributed by atoms with Gasteiger partial charge in [-0.2, -0.15) is 13.2 Å². The van der Waals surface area contributed by atoms with E-state index in [4.69, 9.17) is 4.74 Å². The summed E-state index contributed by atoms with van der Waals surface area (Å²) in [6, 6.07) is 9.04. The number of alkyl halides is 3. The van der Waals surface area contributed by atoms with Crippen LogP contribution in [0.4, 0.5) is 13.2 Å². The second kappa shape index (κ2) is 9.38. The van der Waals surface area contributed by atoms with Crippen molar-refractivity contribution in [2.75, 3.05) is 25.9 Å². The smallest absolute Gasteiger partial charge is 0.416 e. The molecule has 0 aliphatic carbocycles. The highest BCUT2D eigenvalue weighted by atomic mass is 32.2. The lowest BCUT2D eigenvalue weighted by molar-refractivity contribution is -0.137. The predicted octanol–water partition coefficient (Wildman–Crippen LogP) is 2.44. The molecule has 0 unspecified atom stereocenters. The fourth-order valence-electron chi connectivity index (χ4n) is 3.34. The van der Waals surface area contributed by atoms with Crippen LogP contribution in [-0.2, 0) is 26.0 Å². The molecule has 12 heteroatoms. The van der Waals surface area contributed by atoms with Crippen LogP contribution >= 0.6 is 0 Å². The molecule has 176 valence electrons. The molecule has 2 aromatic carbocycles. The normalized spacial score (nSPS) is 18.4. The molecule has 32 heavy (non-hydrogen) atoms. The summed E-state index contributed by atoms with van der Waals surface area (Å²) in [7, 11) is -7.42. The number of rotatable bonds is 8. The van der Waals surface area contributed by atoms with Crippen molar-refractivity contribution in [1.29, 1.82) is 0 Å². The van der Waals surface area contributed by atoms with Crippen molar-refractivity contribution < 1.29 is 34.7 Å². The van der Waals surface area contributed by atoms with E-state index in [2.05, 4.69) is 10.0 Å². The van der Waals surface area contributed by atoms with Crippen LogP contribution in [0.1, 0.15) is 12.0 Å². The molecule has 1 aliphatic heterocycles. The number of sulfone groups is 1. The first-order valence-electron chi connectivity index (χ1n) is 9.71. The fraction of sp³-hybridized carbons (Fsp3) is 0.400. The van der Waals surface area contributed by atoms with Gasteiger partial charge in [0.25, 0.3) is 0 Å². The van der Waals surface area contributed by atoms with E-state index < -0.39 is 37.7 Å². The molecule has 2 N–H and O–H groups in total. The number of halogens is 3. The van der Waals surface area contributed by atoms with E-state index in [1.54, 1.807) is 0 Å². The molecule has 1 fully saturated rings. The van der Waals surface area contributed by atoms with Crippen LogP contribution in [0.25, 0.3) is 0 Å². The minimum absolute atomic E-state index is 0.00278. The van der Waals surface area contributed by atoms with Crippen molar-refractivity contribution in [3.63, 3.8) is 0 Å². The zero-order chi connectivity index (χ0) is 23.6. The molecule has 0 amide bonds. The third-order valence-electron chi connectivity index (χ3n) is 5.13. The molecule has 0 saturated carbocycles. The van der Waals surface area contributed by atoms with Gasteiger partial charge in [0.1, 0.15) is 11.9 Å². The molecular weight excluding hydrogens is 469 g/mol. The van der Waals surface area contributed by atoms with Crippen LogP contribution < -0.4 is 14.8 Å². The van der Waals surface area contributed by atoms with Crippen molar-refractivity contribution >= 4 is 19.9 Å². The number of nitrogens with one attached hydrogen (secondary N) is 2. The molecule has 0 aromatic heterocycles. The van der Waals surface area contributed by atoms with E-state index in [1.165, 1.54) is 36.4 Å². The van der Waals surface area contributed by atoms with Crippen molar-refractivity contribution in [2.24, 2.45) is 5.92 Å². The highest BCUT2D eigenvalue weighted by molar-refractivity contribution is 7.90. The highest BCUT2D eigenvalue weighted by Crippen LogP contribution is 2.31. The van der Waals surface area contributed by atoms with E-state index in [1.807, 2.05) is 0 Å². The first-order chi connectivity index (χ1) is 14.9. The lowest BCUT2D eigenvalue weighted by atomic mass is 10.0. The van der Waals surface area contributed by atoms with Gasteiger partial charge in [-0.3, -0.25) is 0 Å². The largest absolute Gasteiger partial charge is 0.489 e. The summed E-state index contributed by atoms with van der Waals surface area (Å²) in [5.41, 5.74) is -0.804. The number of hydrogen-bond acceptors (Lipinski definition) is 6. The zero-order valence-electron chi connectivity index (χ0n) is 17.1. The second-order valence-corrected chi connectivity index (χ2v) is 11.3. The van der Waals surface area contributed by atoms with E-state index in [-0.39, 0.29) is 28.0 Å². The van der Waals surface area contributed by atoms with E-state index in [0.717, 1.165) is 31.4 Å². The van der Waals surface area contributed by atoms with Gasteiger partial charge in [0.15, 0.2) is 9.84 Å². The van der Waals surface area contributed by atoms with Crippen molar-refractivity contribution in [2.45, 2.75) is 28.5 Å². The highest BCUT2D eigenvalue weighted by Gasteiger charge is 2.31. The van der Waals surface area contributed by atoms with Gasteiger partial charge >= 0.3 is 6.18 Å². The molecule has 0 radical (unpaired) electrons. The molecule has 2 aromatic rings. The average molecular weight is 493 g/mol. The fourth-order valence-corrected chi connectivity index (χ4v) is 5.01. The van der Waals surface area contributed by atoms with Gasteiger partial charge in [-0.05, 0) is 61.5 Å². The van der Waals surface area contributed by atoms with Gasteiger partial charge in [-0.15, -0.1) is 0 Å². The van der Waals surface area contributed by atoms with E-state index in [0.29, 0.717) is 6.54 Å². The van der Waals surface area contributed by atoms with Gasteiger partial charge in [0.05, 0.1) is 15.4 Å². The van der Waals surface area contributed by atoms with Crippen LogP contribution in [-0.4, -0.2) is 48.8 Å². The standard InChI is InChI=1S/C20H23F3N2O5S2/c1-31(26,27)17-6-8-18(9-7-17)32(28,29)25-13-19(14-10-11-24-12-14)30-16-4-2-15(3-5-16)20(21,22)23/h2-9,14,19,24-25H,10-13H2,1H3/t14-,19+/m0/s1. The Hall–Kier alpha value is -2.15. The van der Waals surface area contributed by atoms with Gasteiger partial charge in [0.2, 0.25) is 10.0 Å². The van der Waals surface area contributed by atoms with Crippen molar-refractivity contribution in [3.05, 3.63) is 54.1 Å². The van der Waals surface area contributed by atoms with E-state index >= 15 is 0 Å². The Labute approximate surface area is 184 Å². The van der Waals surface area contributed by atoms with Gasteiger partial charge in [0, 0.05) is 25.3 Å². The number of sulfonamides is 1. The Kier molecular flexibility index (Phi) is 7.18. The number of hydrogen-bond donors (Lipinski definition) is 2. The third-order valence-corrected chi connectivity index (χ3v) is 7.70. The Morgan fingerprint density at radius 2 is 1.62 bits per heavy atom. The van der Waals surface area contributed by atoms with Gasteiger partial charge in [-0.25, -0.2) is 21.6 Å². The van der Waals surface area contributed by atoms with Gasteiger partial charge in [-0.1, -0.05) is 0 Å². The molecule has 1 heterocycles. The molecule has 2 atom stereocenters. The topological polar surface area (TPSA) is 102 Å². The number of ether oxygens (including phenoxy) is 1. The maximum atomic E-state index is 12.8. The monoisotopic (exact) mass is 492 g/mol. The summed E-state index contributed by atoms with van der Waals surface area (Å²) in [6.45, 7) is 1.19. The van der Waals surface area contributed by atoms with Crippen molar-refractivity contribution in [1.82, 2.24) is 10.0 Å². The van der Waals surface area contributed by atoms with Crippen LogP contribution in [0.5, 0.6) is 5.75 Å². The van der Waals surface area contributed by atoms with Crippen molar-refractivity contribution in [3.8, 4) is 5.75 Å². The summed E-state index contributed by atoms with van der Waals surface area (Å²) in [6.07, 6.45) is -3.34. The Balaban J connectivity index is 1.73. The quantitative estimate of drug-likeness (QED) is 0.587. The summed E-state index contributed by atoms with van der Waals surface area (Å²) in [5.74, 6) is 0.152.